The average Bonchev–Trinajstić information content (AvgIpc) is 2.42. The lowest BCUT2D eigenvalue weighted by molar-refractivity contribution is -0.137. The molecule has 3 nitrogen and oxygen atoms in total. The highest BCUT2D eigenvalue weighted by molar-refractivity contribution is 6.35. The van der Waals surface area contributed by atoms with E-state index in [1.54, 1.807) is 6.07 Å². The van der Waals surface area contributed by atoms with Crippen LogP contribution in [0.3, 0.4) is 0 Å². The predicted molar refractivity (Wildman–Crippen MR) is 80.5 cm³/mol. The van der Waals surface area contributed by atoms with Gasteiger partial charge in [0.05, 0.1) is 16.3 Å². The van der Waals surface area contributed by atoms with Gasteiger partial charge in [-0.15, -0.1) is 0 Å². The molecule has 8 heteroatoms. The van der Waals surface area contributed by atoms with Crippen LogP contribution in [-0.4, -0.2) is 6.03 Å². The Labute approximate surface area is 134 Å². The normalized spacial score (nSPS) is 11.1. The molecule has 2 aromatic rings. The first-order chi connectivity index (χ1) is 10.3. The highest BCUT2D eigenvalue weighted by atomic mass is 35.5. The van der Waals surface area contributed by atoms with Crippen molar-refractivity contribution in [1.82, 2.24) is 0 Å². The van der Waals surface area contributed by atoms with Gasteiger partial charge in [0, 0.05) is 10.7 Å². The summed E-state index contributed by atoms with van der Waals surface area (Å²) < 4.78 is 37.3. The van der Waals surface area contributed by atoms with Gasteiger partial charge in [0.1, 0.15) is 0 Å². The maximum Gasteiger partial charge on any atom is 0.416 e. The van der Waals surface area contributed by atoms with Crippen molar-refractivity contribution in [2.75, 3.05) is 10.6 Å². The second kappa shape index (κ2) is 6.46. The number of hydrogen-bond acceptors (Lipinski definition) is 1. The topological polar surface area (TPSA) is 41.1 Å². The molecule has 0 fully saturated rings. The molecule has 0 aliphatic carbocycles. The van der Waals surface area contributed by atoms with Crippen LogP contribution in [0.5, 0.6) is 0 Å². The molecule has 0 saturated heterocycles. The third-order valence-corrected chi connectivity index (χ3v) is 3.21. The summed E-state index contributed by atoms with van der Waals surface area (Å²) in [5, 5.41) is 5.52. The predicted octanol–water partition coefficient (Wildman–Crippen LogP) is 5.66. The summed E-state index contributed by atoms with van der Waals surface area (Å²) in [5.41, 5.74) is -0.293. The van der Waals surface area contributed by atoms with Gasteiger partial charge in [-0.2, -0.15) is 13.2 Å². The van der Waals surface area contributed by atoms with Gasteiger partial charge >= 0.3 is 12.2 Å². The van der Waals surface area contributed by atoms with Gasteiger partial charge in [-0.3, -0.25) is 0 Å². The molecule has 2 rings (SSSR count). The minimum absolute atomic E-state index is 0.212. The zero-order chi connectivity index (χ0) is 16.3. The molecule has 0 spiro atoms. The maximum absolute atomic E-state index is 12.4. The van der Waals surface area contributed by atoms with Crippen molar-refractivity contribution in [2.45, 2.75) is 6.18 Å². The van der Waals surface area contributed by atoms with Crippen molar-refractivity contribution in [3.8, 4) is 0 Å². The first kappa shape index (κ1) is 16.5. The Bertz CT molecular complexity index is 687. The third-order valence-electron chi connectivity index (χ3n) is 2.65. The number of nitrogens with one attached hydrogen (secondary N) is 2. The van der Waals surface area contributed by atoms with Crippen LogP contribution in [-0.2, 0) is 6.18 Å². The molecule has 0 radical (unpaired) electrons. The molecular weight excluding hydrogens is 340 g/mol. The average molecular weight is 349 g/mol. The number of carbonyl (C=O) groups is 1. The largest absolute Gasteiger partial charge is 0.416 e. The summed E-state index contributed by atoms with van der Waals surface area (Å²) >= 11 is 11.7. The fraction of sp³-hybridized carbons (Fsp3) is 0.0714. The molecule has 0 atom stereocenters. The number of hydrogen-bond donors (Lipinski definition) is 2. The number of urea groups is 1. The smallest absolute Gasteiger partial charge is 0.308 e. The van der Waals surface area contributed by atoms with Gasteiger partial charge in [-0.1, -0.05) is 23.2 Å². The molecule has 0 unspecified atom stereocenters. The molecule has 0 aromatic heterocycles. The van der Waals surface area contributed by atoms with Gasteiger partial charge in [0.25, 0.3) is 0 Å². The molecule has 0 aliphatic heterocycles. The van der Waals surface area contributed by atoms with Crippen LogP contribution in [0.1, 0.15) is 5.56 Å². The summed E-state index contributed by atoms with van der Waals surface area (Å²) in [6, 6.07) is 7.94. The first-order valence-electron chi connectivity index (χ1n) is 5.96. The van der Waals surface area contributed by atoms with Gasteiger partial charge < -0.3 is 10.6 Å². The second-order valence-electron chi connectivity index (χ2n) is 4.28. The second-order valence-corrected chi connectivity index (χ2v) is 5.12. The highest BCUT2D eigenvalue weighted by Gasteiger charge is 2.29. The van der Waals surface area contributed by atoms with Crippen molar-refractivity contribution in [3.05, 3.63) is 58.1 Å². The molecule has 116 valence electrons. The van der Waals surface area contributed by atoms with Crippen molar-refractivity contribution in [1.29, 1.82) is 0 Å². The van der Waals surface area contributed by atoms with E-state index in [-0.39, 0.29) is 10.7 Å². The maximum atomic E-state index is 12.4. The van der Waals surface area contributed by atoms with Crippen LogP contribution >= 0.6 is 23.2 Å². The molecule has 2 N–H and O–H groups in total. The number of carbonyl (C=O) groups excluding carboxylic acids is 1. The molecule has 2 aromatic carbocycles. The van der Waals surface area contributed by atoms with Gasteiger partial charge in [0.2, 0.25) is 0 Å². The lowest BCUT2D eigenvalue weighted by Gasteiger charge is -2.11. The van der Waals surface area contributed by atoms with Crippen LogP contribution in [0.2, 0.25) is 10.0 Å². The van der Waals surface area contributed by atoms with Crippen molar-refractivity contribution < 1.29 is 18.0 Å². The Morgan fingerprint density at radius 3 is 2.18 bits per heavy atom. The number of halogens is 5. The monoisotopic (exact) mass is 348 g/mol. The van der Waals surface area contributed by atoms with Crippen LogP contribution < -0.4 is 10.6 Å². The van der Waals surface area contributed by atoms with E-state index in [1.807, 2.05) is 0 Å². The fourth-order valence-corrected chi connectivity index (χ4v) is 1.96. The van der Waals surface area contributed by atoms with Crippen molar-refractivity contribution in [2.24, 2.45) is 0 Å². The van der Waals surface area contributed by atoms with E-state index in [0.717, 1.165) is 24.3 Å². The van der Waals surface area contributed by atoms with E-state index in [4.69, 9.17) is 23.2 Å². The van der Waals surface area contributed by atoms with Gasteiger partial charge in [0.15, 0.2) is 0 Å². The third kappa shape index (κ3) is 4.29. The Morgan fingerprint density at radius 1 is 0.955 bits per heavy atom. The molecule has 22 heavy (non-hydrogen) atoms. The number of benzene rings is 2. The van der Waals surface area contributed by atoms with E-state index in [9.17, 15) is 18.0 Å². The summed E-state index contributed by atoms with van der Waals surface area (Å²) in [5.74, 6) is 0. The van der Waals surface area contributed by atoms with Crippen LogP contribution in [0.25, 0.3) is 0 Å². The Hall–Kier alpha value is -1.92. The molecule has 0 heterocycles. The number of alkyl halides is 3. The van der Waals surface area contributed by atoms with E-state index in [2.05, 4.69) is 10.6 Å². The Morgan fingerprint density at radius 2 is 1.59 bits per heavy atom. The van der Waals surface area contributed by atoms with Crippen molar-refractivity contribution >= 4 is 40.6 Å². The summed E-state index contributed by atoms with van der Waals surface area (Å²) in [7, 11) is 0. The fourth-order valence-electron chi connectivity index (χ4n) is 1.62. The first-order valence-corrected chi connectivity index (χ1v) is 6.71. The van der Waals surface area contributed by atoms with Crippen molar-refractivity contribution in [3.63, 3.8) is 0 Å². The summed E-state index contributed by atoms with van der Waals surface area (Å²) in [4.78, 5) is 11.8. The van der Waals surface area contributed by atoms with Crippen LogP contribution in [0.15, 0.2) is 42.5 Å². The number of anilines is 2. The SMILES string of the molecule is O=C(Nc1ccc(C(F)(F)F)cc1)Nc1cc(Cl)ccc1Cl. The van der Waals surface area contributed by atoms with Crippen LogP contribution in [0.4, 0.5) is 29.3 Å². The molecule has 0 saturated carbocycles. The minimum Gasteiger partial charge on any atom is -0.308 e. The quantitative estimate of drug-likeness (QED) is 0.722. The lowest BCUT2D eigenvalue weighted by atomic mass is 10.2. The van der Waals surface area contributed by atoms with E-state index in [1.165, 1.54) is 12.1 Å². The molecule has 2 amide bonds. The summed E-state index contributed by atoms with van der Waals surface area (Å²) in [6.07, 6.45) is -4.42. The van der Waals surface area contributed by atoms with Gasteiger partial charge in [-0.05, 0) is 42.5 Å². The zero-order valence-electron chi connectivity index (χ0n) is 10.8. The molecule has 0 bridgehead atoms. The Kier molecular flexibility index (Phi) is 4.83. The molecule has 0 aliphatic rings. The van der Waals surface area contributed by atoms with E-state index in [0.29, 0.717) is 10.7 Å². The zero-order valence-corrected chi connectivity index (χ0v) is 12.4. The standard InChI is InChI=1S/C14H9Cl2F3N2O/c15-9-3-6-11(16)12(7-9)21-13(22)20-10-4-1-8(2-5-10)14(17,18)19/h1-7H,(H2,20,21,22). The van der Waals surface area contributed by atoms with Crippen LogP contribution in [0, 0.1) is 0 Å². The van der Waals surface area contributed by atoms with Gasteiger partial charge in [-0.25, -0.2) is 4.79 Å². The molecular formula is C14H9Cl2F3N2O. The summed E-state index contributed by atoms with van der Waals surface area (Å²) in [6.45, 7) is 0. The highest BCUT2D eigenvalue weighted by Crippen LogP contribution is 2.30. The lowest BCUT2D eigenvalue weighted by Crippen LogP contribution is -2.19. The number of rotatable bonds is 2. The number of amides is 2. The van der Waals surface area contributed by atoms with E-state index >= 15 is 0 Å². The van der Waals surface area contributed by atoms with E-state index < -0.39 is 17.8 Å². The minimum atomic E-state index is -4.42. The Balaban J connectivity index is 2.04.